The average Bonchev–Trinajstić information content (AvgIpc) is 2.77. The molecule has 0 spiro atoms. The summed E-state index contributed by atoms with van der Waals surface area (Å²) in [7, 11) is 1.80. The van der Waals surface area contributed by atoms with E-state index in [9.17, 15) is 9.59 Å². The number of hydrogen-bond acceptors (Lipinski definition) is 3. The second-order valence-corrected chi connectivity index (χ2v) is 6.74. The lowest BCUT2D eigenvalue weighted by Gasteiger charge is -2.26. The molecule has 116 valence electrons. The molecular formula is C15H28N2O3. The number of likely N-dealkylation sites (N-methyl/N-ethyl adjacent to an activating group) is 1. The Labute approximate surface area is 122 Å². The summed E-state index contributed by atoms with van der Waals surface area (Å²) in [5.74, 6) is 0.542. The van der Waals surface area contributed by atoms with Crippen LogP contribution in [0.2, 0.25) is 0 Å². The number of alkyl carbamates (subject to hydrolysis) is 1. The number of carbonyl (C=O) groups is 2. The van der Waals surface area contributed by atoms with Crippen LogP contribution >= 0.6 is 0 Å². The van der Waals surface area contributed by atoms with E-state index < -0.39 is 17.7 Å². The van der Waals surface area contributed by atoms with Crippen LogP contribution in [-0.4, -0.2) is 42.1 Å². The molecule has 1 fully saturated rings. The zero-order chi connectivity index (χ0) is 15.3. The van der Waals surface area contributed by atoms with E-state index >= 15 is 0 Å². The summed E-state index contributed by atoms with van der Waals surface area (Å²) in [6, 6.07) is -0.559. The highest BCUT2D eigenvalue weighted by atomic mass is 16.6. The van der Waals surface area contributed by atoms with Crippen LogP contribution in [0.15, 0.2) is 0 Å². The van der Waals surface area contributed by atoms with Gasteiger partial charge < -0.3 is 15.0 Å². The molecule has 0 bridgehead atoms. The fourth-order valence-electron chi connectivity index (χ4n) is 2.55. The number of ether oxygens (including phenoxy) is 1. The van der Waals surface area contributed by atoms with E-state index in [0.717, 1.165) is 6.54 Å². The van der Waals surface area contributed by atoms with Crippen molar-refractivity contribution in [2.24, 2.45) is 5.92 Å². The monoisotopic (exact) mass is 284 g/mol. The van der Waals surface area contributed by atoms with Crippen molar-refractivity contribution in [3.8, 4) is 0 Å². The minimum atomic E-state index is -0.559. The molecule has 0 heterocycles. The van der Waals surface area contributed by atoms with E-state index in [2.05, 4.69) is 5.32 Å². The van der Waals surface area contributed by atoms with Crippen molar-refractivity contribution in [2.45, 2.75) is 65.0 Å². The SMILES string of the molecule is CC(NC(=O)OC(C)(C)C)C(=O)N(C)CC1CCCC1. The molecule has 0 aromatic heterocycles. The van der Waals surface area contributed by atoms with Gasteiger partial charge >= 0.3 is 6.09 Å². The molecule has 1 rings (SSSR count). The van der Waals surface area contributed by atoms with Gasteiger partial charge in [0.2, 0.25) is 5.91 Å². The highest BCUT2D eigenvalue weighted by molar-refractivity contribution is 5.85. The fraction of sp³-hybridized carbons (Fsp3) is 0.867. The van der Waals surface area contributed by atoms with Crippen LogP contribution < -0.4 is 5.32 Å². The van der Waals surface area contributed by atoms with Crippen molar-refractivity contribution in [3.63, 3.8) is 0 Å². The molecule has 0 saturated heterocycles. The van der Waals surface area contributed by atoms with Crippen LogP contribution in [0.1, 0.15) is 53.4 Å². The maximum Gasteiger partial charge on any atom is 0.408 e. The van der Waals surface area contributed by atoms with Crippen LogP contribution in [0.4, 0.5) is 4.79 Å². The standard InChI is InChI=1S/C15H28N2O3/c1-11(16-14(19)20-15(2,3)4)13(18)17(5)10-12-8-6-7-9-12/h11-12H,6-10H2,1-5H3,(H,16,19). The molecule has 1 aliphatic rings. The fourth-order valence-corrected chi connectivity index (χ4v) is 2.55. The van der Waals surface area contributed by atoms with Crippen molar-refractivity contribution < 1.29 is 14.3 Å². The van der Waals surface area contributed by atoms with Gasteiger partial charge in [0.1, 0.15) is 11.6 Å². The molecule has 2 amide bonds. The summed E-state index contributed by atoms with van der Waals surface area (Å²) in [5, 5.41) is 2.59. The van der Waals surface area contributed by atoms with Crippen LogP contribution in [0, 0.1) is 5.92 Å². The second kappa shape index (κ2) is 6.95. The first-order chi connectivity index (χ1) is 9.19. The molecule has 1 saturated carbocycles. The molecule has 1 atom stereocenters. The second-order valence-electron chi connectivity index (χ2n) is 6.74. The van der Waals surface area contributed by atoms with E-state index in [4.69, 9.17) is 4.74 Å². The van der Waals surface area contributed by atoms with Crippen molar-refractivity contribution in [3.05, 3.63) is 0 Å². The Morgan fingerprint density at radius 3 is 2.35 bits per heavy atom. The first-order valence-electron chi connectivity index (χ1n) is 7.43. The van der Waals surface area contributed by atoms with Crippen LogP contribution in [0.25, 0.3) is 0 Å². The summed E-state index contributed by atoms with van der Waals surface area (Å²) in [6.45, 7) is 7.86. The molecule has 1 aliphatic carbocycles. The van der Waals surface area contributed by atoms with Gasteiger partial charge in [0.25, 0.3) is 0 Å². The van der Waals surface area contributed by atoms with E-state index in [1.165, 1.54) is 25.7 Å². The van der Waals surface area contributed by atoms with Gasteiger partial charge in [0.15, 0.2) is 0 Å². The summed E-state index contributed by atoms with van der Waals surface area (Å²) >= 11 is 0. The molecule has 0 radical (unpaired) electrons. The lowest BCUT2D eigenvalue weighted by molar-refractivity contribution is -0.132. The molecule has 1 N–H and O–H groups in total. The van der Waals surface area contributed by atoms with E-state index in [1.807, 2.05) is 0 Å². The summed E-state index contributed by atoms with van der Waals surface area (Å²) in [6.07, 6.45) is 4.38. The Morgan fingerprint density at radius 1 is 1.30 bits per heavy atom. The highest BCUT2D eigenvalue weighted by Gasteiger charge is 2.25. The van der Waals surface area contributed by atoms with Gasteiger partial charge in [0.05, 0.1) is 0 Å². The lowest BCUT2D eigenvalue weighted by Crippen LogP contribution is -2.47. The van der Waals surface area contributed by atoms with E-state index in [0.29, 0.717) is 5.92 Å². The Balaban J connectivity index is 2.39. The molecular weight excluding hydrogens is 256 g/mol. The Morgan fingerprint density at radius 2 is 1.85 bits per heavy atom. The van der Waals surface area contributed by atoms with Crippen LogP contribution in [-0.2, 0) is 9.53 Å². The molecule has 0 aliphatic heterocycles. The van der Waals surface area contributed by atoms with Crippen molar-refractivity contribution in [2.75, 3.05) is 13.6 Å². The van der Waals surface area contributed by atoms with Gasteiger partial charge in [-0.2, -0.15) is 0 Å². The minimum absolute atomic E-state index is 0.0669. The molecule has 0 aromatic rings. The Hall–Kier alpha value is -1.26. The first kappa shape index (κ1) is 16.8. The number of amides is 2. The summed E-state index contributed by atoms with van der Waals surface area (Å²) in [5.41, 5.74) is -0.553. The van der Waals surface area contributed by atoms with Gasteiger partial charge in [0, 0.05) is 13.6 Å². The van der Waals surface area contributed by atoms with Crippen LogP contribution in [0.3, 0.4) is 0 Å². The van der Waals surface area contributed by atoms with E-state index in [-0.39, 0.29) is 5.91 Å². The summed E-state index contributed by atoms with van der Waals surface area (Å²) < 4.78 is 5.15. The van der Waals surface area contributed by atoms with Crippen molar-refractivity contribution >= 4 is 12.0 Å². The van der Waals surface area contributed by atoms with Crippen LogP contribution in [0.5, 0.6) is 0 Å². The number of carbonyl (C=O) groups excluding carboxylic acids is 2. The van der Waals surface area contributed by atoms with Gasteiger partial charge in [-0.25, -0.2) is 4.79 Å². The third-order valence-electron chi connectivity index (χ3n) is 3.49. The molecule has 5 heteroatoms. The zero-order valence-corrected chi connectivity index (χ0v) is 13.4. The Bertz CT molecular complexity index is 344. The van der Waals surface area contributed by atoms with Gasteiger partial charge in [-0.15, -0.1) is 0 Å². The molecule has 5 nitrogen and oxygen atoms in total. The number of nitrogens with zero attached hydrogens (tertiary/aromatic N) is 1. The normalized spacial score (nSPS) is 17.6. The van der Waals surface area contributed by atoms with E-state index in [1.54, 1.807) is 39.6 Å². The minimum Gasteiger partial charge on any atom is -0.444 e. The zero-order valence-electron chi connectivity index (χ0n) is 13.4. The lowest BCUT2D eigenvalue weighted by atomic mass is 10.1. The molecule has 0 aromatic carbocycles. The van der Waals surface area contributed by atoms with Gasteiger partial charge in [-0.05, 0) is 46.5 Å². The topological polar surface area (TPSA) is 58.6 Å². The quantitative estimate of drug-likeness (QED) is 0.863. The first-order valence-corrected chi connectivity index (χ1v) is 7.43. The maximum absolute atomic E-state index is 12.2. The largest absolute Gasteiger partial charge is 0.444 e. The third-order valence-corrected chi connectivity index (χ3v) is 3.49. The van der Waals surface area contributed by atoms with Gasteiger partial charge in [-0.1, -0.05) is 12.8 Å². The smallest absolute Gasteiger partial charge is 0.408 e. The molecule has 20 heavy (non-hydrogen) atoms. The average molecular weight is 284 g/mol. The maximum atomic E-state index is 12.2. The number of hydrogen-bond donors (Lipinski definition) is 1. The molecule has 1 unspecified atom stereocenters. The van der Waals surface area contributed by atoms with Crippen molar-refractivity contribution in [1.82, 2.24) is 10.2 Å². The Kier molecular flexibility index (Phi) is 5.84. The highest BCUT2D eigenvalue weighted by Crippen LogP contribution is 2.25. The third kappa shape index (κ3) is 5.80. The number of rotatable bonds is 4. The predicted octanol–water partition coefficient (Wildman–Crippen LogP) is 2.55. The number of nitrogens with one attached hydrogen (secondary N) is 1. The summed E-state index contributed by atoms with van der Waals surface area (Å²) in [4.78, 5) is 25.5. The predicted molar refractivity (Wildman–Crippen MR) is 78.4 cm³/mol. The van der Waals surface area contributed by atoms with Gasteiger partial charge in [-0.3, -0.25) is 4.79 Å². The van der Waals surface area contributed by atoms with Crippen molar-refractivity contribution in [1.29, 1.82) is 0 Å².